The molecule has 1 aliphatic rings. The molecule has 0 bridgehead atoms. The van der Waals surface area contributed by atoms with Gasteiger partial charge in [-0.05, 0) is 0 Å². The summed E-state index contributed by atoms with van der Waals surface area (Å²) in [6.45, 7) is 0.248. The fourth-order valence-electron chi connectivity index (χ4n) is 1.40. The van der Waals surface area contributed by atoms with E-state index in [0.29, 0.717) is 0 Å². The molecule has 7 heteroatoms. The van der Waals surface area contributed by atoms with Crippen molar-refractivity contribution in [2.24, 2.45) is 0 Å². The van der Waals surface area contributed by atoms with E-state index in [0.717, 1.165) is 6.07 Å². The number of hydrogen-bond acceptors (Lipinski definition) is 3. The lowest BCUT2D eigenvalue weighted by Gasteiger charge is -2.23. The van der Waals surface area contributed by atoms with Crippen LogP contribution in [0, 0.1) is 0 Å². The summed E-state index contributed by atoms with van der Waals surface area (Å²) in [7, 11) is 0. The summed E-state index contributed by atoms with van der Waals surface area (Å²) in [6.07, 6.45) is -3.61. The predicted octanol–water partition coefficient (Wildman–Crippen LogP) is 0.998. The third-order valence-electron chi connectivity index (χ3n) is 2.14. The van der Waals surface area contributed by atoms with E-state index in [1.807, 2.05) is 0 Å². The molecule has 0 radical (unpaired) electrons. The first-order valence-electron chi connectivity index (χ1n) is 4.34. The predicted molar refractivity (Wildman–Crippen MR) is 44.2 cm³/mol. The number of carboxylic acids is 1. The average Bonchev–Trinajstić information content (AvgIpc) is 2.59. The van der Waals surface area contributed by atoms with E-state index in [2.05, 4.69) is 5.10 Å². The van der Waals surface area contributed by atoms with Crippen molar-refractivity contribution in [1.82, 2.24) is 9.78 Å². The Hall–Kier alpha value is -1.66. The van der Waals surface area contributed by atoms with Crippen LogP contribution in [0.5, 0.6) is 5.88 Å². The van der Waals surface area contributed by atoms with Gasteiger partial charge in [-0.25, -0.2) is 18.3 Å². The number of alkyl halides is 2. The minimum atomic E-state index is -2.57. The molecular weight excluding hydrogens is 210 g/mol. The van der Waals surface area contributed by atoms with Gasteiger partial charge in [0.2, 0.25) is 5.88 Å². The summed E-state index contributed by atoms with van der Waals surface area (Å²) >= 11 is 0. The second-order valence-electron chi connectivity index (χ2n) is 3.18. The lowest BCUT2D eigenvalue weighted by Crippen LogP contribution is -2.32. The molecule has 0 saturated heterocycles. The van der Waals surface area contributed by atoms with Crippen molar-refractivity contribution in [2.75, 3.05) is 0 Å². The molecule has 1 aliphatic heterocycles. The summed E-state index contributed by atoms with van der Waals surface area (Å²) in [4.78, 5) is 10.6. The summed E-state index contributed by atoms with van der Waals surface area (Å²) in [6, 6.07) is 1.15. The first-order valence-corrected chi connectivity index (χ1v) is 4.34. The maximum Gasteiger partial charge on any atom is 0.356 e. The van der Waals surface area contributed by atoms with Gasteiger partial charge < -0.3 is 9.84 Å². The summed E-state index contributed by atoms with van der Waals surface area (Å²) in [5, 5.41) is 12.3. The van der Waals surface area contributed by atoms with E-state index < -0.39 is 18.5 Å². The molecule has 0 saturated carbocycles. The van der Waals surface area contributed by atoms with E-state index in [4.69, 9.17) is 9.84 Å². The molecule has 0 aromatic carbocycles. The second-order valence-corrected chi connectivity index (χ2v) is 3.18. The number of fused-ring (bicyclic) bond motifs is 1. The molecule has 1 aromatic heterocycles. The Kier molecular flexibility index (Phi) is 2.29. The Morgan fingerprint density at radius 3 is 3.07 bits per heavy atom. The Balaban J connectivity index is 2.23. The largest absolute Gasteiger partial charge is 0.476 e. The van der Waals surface area contributed by atoms with Crippen molar-refractivity contribution in [3.63, 3.8) is 0 Å². The zero-order valence-electron chi connectivity index (χ0n) is 7.56. The van der Waals surface area contributed by atoms with Gasteiger partial charge in [0.15, 0.2) is 11.8 Å². The zero-order valence-corrected chi connectivity index (χ0v) is 7.56. The SMILES string of the molecule is O=C(O)c1cc2n(n1)CCC(C(F)F)O2. The van der Waals surface area contributed by atoms with Crippen LogP contribution in [0.25, 0.3) is 0 Å². The number of ether oxygens (including phenoxy) is 1. The molecule has 15 heavy (non-hydrogen) atoms. The lowest BCUT2D eigenvalue weighted by atomic mass is 10.2. The molecular formula is C8H8F2N2O3. The van der Waals surface area contributed by atoms with Crippen molar-refractivity contribution in [2.45, 2.75) is 25.5 Å². The van der Waals surface area contributed by atoms with Crippen LogP contribution in [-0.2, 0) is 6.54 Å². The third-order valence-corrected chi connectivity index (χ3v) is 2.14. The highest BCUT2D eigenvalue weighted by atomic mass is 19.3. The molecule has 1 unspecified atom stereocenters. The minimum Gasteiger partial charge on any atom is -0.476 e. The van der Waals surface area contributed by atoms with Gasteiger partial charge in [0, 0.05) is 19.0 Å². The van der Waals surface area contributed by atoms with E-state index in [1.165, 1.54) is 4.68 Å². The van der Waals surface area contributed by atoms with Gasteiger partial charge in [0.1, 0.15) is 0 Å². The monoisotopic (exact) mass is 218 g/mol. The van der Waals surface area contributed by atoms with Gasteiger partial charge >= 0.3 is 5.97 Å². The summed E-state index contributed by atoms with van der Waals surface area (Å²) in [5.41, 5.74) is -0.195. The van der Waals surface area contributed by atoms with Crippen LogP contribution in [0.2, 0.25) is 0 Å². The van der Waals surface area contributed by atoms with E-state index in [1.54, 1.807) is 0 Å². The molecule has 0 aliphatic carbocycles. The first kappa shape index (κ1) is 9.88. The fraction of sp³-hybridized carbons (Fsp3) is 0.500. The first-order chi connectivity index (χ1) is 7.08. The number of nitrogens with zero attached hydrogens (tertiary/aromatic N) is 2. The molecule has 0 fully saturated rings. The van der Waals surface area contributed by atoms with Gasteiger partial charge in [-0.1, -0.05) is 0 Å². The second kappa shape index (κ2) is 3.48. The van der Waals surface area contributed by atoms with Crippen LogP contribution >= 0.6 is 0 Å². The van der Waals surface area contributed by atoms with Gasteiger partial charge in [-0.3, -0.25) is 0 Å². The van der Waals surface area contributed by atoms with Crippen LogP contribution < -0.4 is 4.74 Å². The number of carboxylic acid groups (broad SMARTS) is 1. The molecule has 1 N–H and O–H groups in total. The van der Waals surface area contributed by atoms with E-state index in [9.17, 15) is 13.6 Å². The lowest BCUT2D eigenvalue weighted by molar-refractivity contribution is -0.0135. The van der Waals surface area contributed by atoms with E-state index >= 15 is 0 Å². The van der Waals surface area contributed by atoms with Crippen molar-refractivity contribution in [3.8, 4) is 5.88 Å². The standard InChI is InChI=1S/C8H8F2N2O3/c9-7(10)5-1-2-12-6(15-5)3-4(11-12)8(13)14/h3,5,7H,1-2H2,(H,13,14). The zero-order chi connectivity index (χ0) is 11.0. The van der Waals surface area contributed by atoms with E-state index in [-0.39, 0.29) is 24.5 Å². The fourth-order valence-corrected chi connectivity index (χ4v) is 1.40. The minimum absolute atomic E-state index is 0.0870. The van der Waals surface area contributed by atoms with Crippen LogP contribution in [0.4, 0.5) is 8.78 Å². The summed E-state index contributed by atoms with van der Waals surface area (Å²) in [5.74, 6) is -1.11. The number of halogens is 2. The van der Waals surface area contributed by atoms with Crippen LogP contribution in [0.3, 0.4) is 0 Å². The normalized spacial score (nSPS) is 19.8. The van der Waals surface area contributed by atoms with Gasteiger partial charge in [-0.2, -0.15) is 5.10 Å². The molecule has 2 rings (SSSR count). The molecule has 1 aromatic rings. The highest BCUT2D eigenvalue weighted by molar-refractivity contribution is 5.85. The maximum absolute atomic E-state index is 12.3. The molecule has 82 valence electrons. The number of hydrogen-bond donors (Lipinski definition) is 1. The Morgan fingerprint density at radius 2 is 2.47 bits per heavy atom. The van der Waals surface area contributed by atoms with Crippen molar-refractivity contribution in [3.05, 3.63) is 11.8 Å². The molecule has 1 atom stereocenters. The Morgan fingerprint density at radius 1 is 1.73 bits per heavy atom. The highest BCUT2D eigenvalue weighted by Gasteiger charge is 2.29. The van der Waals surface area contributed by atoms with Crippen molar-refractivity contribution in [1.29, 1.82) is 0 Å². The Bertz CT molecular complexity index is 391. The topological polar surface area (TPSA) is 64.3 Å². The highest BCUT2D eigenvalue weighted by Crippen LogP contribution is 2.24. The van der Waals surface area contributed by atoms with Crippen molar-refractivity contribution >= 4 is 5.97 Å². The molecule has 2 heterocycles. The third kappa shape index (κ3) is 1.77. The molecule has 0 amide bonds. The van der Waals surface area contributed by atoms with Crippen LogP contribution in [0.1, 0.15) is 16.9 Å². The number of aryl methyl sites for hydroxylation is 1. The van der Waals surface area contributed by atoms with Gasteiger partial charge in [0.05, 0.1) is 0 Å². The number of rotatable bonds is 2. The smallest absolute Gasteiger partial charge is 0.356 e. The quantitative estimate of drug-likeness (QED) is 0.804. The molecule has 5 nitrogen and oxygen atoms in total. The number of aromatic carboxylic acids is 1. The number of aromatic nitrogens is 2. The van der Waals surface area contributed by atoms with Crippen molar-refractivity contribution < 1.29 is 23.4 Å². The summed E-state index contributed by atoms with van der Waals surface area (Å²) < 4.78 is 30.8. The van der Waals surface area contributed by atoms with Gasteiger partial charge in [-0.15, -0.1) is 0 Å². The van der Waals surface area contributed by atoms with Gasteiger partial charge in [0.25, 0.3) is 6.43 Å². The maximum atomic E-state index is 12.3. The number of carbonyl (C=O) groups is 1. The Labute approximate surface area is 83.3 Å². The van der Waals surface area contributed by atoms with Crippen LogP contribution in [-0.4, -0.2) is 33.4 Å². The molecule has 0 spiro atoms. The van der Waals surface area contributed by atoms with Crippen LogP contribution in [0.15, 0.2) is 6.07 Å². The average molecular weight is 218 g/mol.